The molecule has 130 valence electrons. The van der Waals surface area contributed by atoms with E-state index in [-0.39, 0.29) is 12.1 Å². The Bertz CT molecular complexity index is 614. The molecule has 0 bridgehead atoms. The average molecular weight is 365 g/mol. The lowest BCUT2D eigenvalue weighted by molar-refractivity contribution is -0.00843. The summed E-state index contributed by atoms with van der Waals surface area (Å²) in [4.78, 5) is 16.5. The van der Waals surface area contributed by atoms with Gasteiger partial charge >= 0.3 is 6.03 Å². The van der Waals surface area contributed by atoms with Gasteiger partial charge in [-0.3, -0.25) is 4.90 Å². The highest BCUT2D eigenvalue weighted by atomic mass is 32.1. The minimum absolute atomic E-state index is 0.0665. The van der Waals surface area contributed by atoms with Crippen LogP contribution in [0.3, 0.4) is 0 Å². The number of hydrogen-bond acceptors (Lipinski definition) is 4. The third kappa shape index (κ3) is 2.76. The molecule has 1 unspecified atom stereocenters. The van der Waals surface area contributed by atoms with Crippen LogP contribution in [0.5, 0.6) is 0 Å². The summed E-state index contributed by atoms with van der Waals surface area (Å²) in [6, 6.07) is 7.81. The molecular formula is C18H24N2O2S2. The molecule has 2 N–H and O–H groups in total. The van der Waals surface area contributed by atoms with Crippen LogP contribution in [-0.4, -0.2) is 28.3 Å². The van der Waals surface area contributed by atoms with Crippen LogP contribution in [0, 0.1) is 0 Å². The summed E-state index contributed by atoms with van der Waals surface area (Å²) in [5, 5.41) is 18.4. The molecule has 1 aliphatic heterocycles. The zero-order chi connectivity index (χ0) is 17.2. The number of thiophene rings is 2. The molecule has 1 fully saturated rings. The second kappa shape index (κ2) is 7.25. The van der Waals surface area contributed by atoms with Crippen LogP contribution in [-0.2, 0) is 5.54 Å². The highest BCUT2D eigenvalue weighted by Gasteiger charge is 2.56. The fourth-order valence-electron chi connectivity index (χ4n) is 3.58. The molecule has 0 aliphatic carbocycles. The number of carbonyl (C=O) groups excluding carboxylic acids is 1. The third-order valence-electron chi connectivity index (χ3n) is 4.65. The lowest BCUT2D eigenvalue weighted by atomic mass is 9.93. The highest BCUT2D eigenvalue weighted by molar-refractivity contribution is 7.11. The number of rotatable bonds is 7. The molecule has 4 nitrogen and oxygen atoms in total. The van der Waals surface area contributed by atoms with Crippen molar-refractivity contribution in [2.45, 2.75) is 57.3 Å². The van der Waals surface area contributed by atoms with E-state index < -0.39 is 11.8 Å². The number of hydrogen-bond donors (Lipinski definition) is 2. The first kappa shape index (κ1) is 17.5. The summed E-state index contributed by atoms with van der Waals surface area (Å²) < 4.78 is 0. The van der Waals surface area contributed by atoms with E-state index in [1.54, 1.807) is 27.6 Å². The standard InChI is InChI=1S/C18H24N2O2S2/c1-3-7-13(8-4-2)20-16(21)18(19-17(20)22,14-9-5-11-23-14)15-10-6-12-24-15/h5-6,9-13,16,21H,3-4,7-8H2,1-2H3,(H,19,22). The summed E-state index contributed by atoms with van der Waals surface area (Å²) in [5.74, 6) is 0. The quantitative estimate of drug-likeness (QED) is 0.767. The molecule has 3 heterocycles. The van der Waals surface area contributed by atoms with Crippen LogP contribution < -0.4 is 5.32 Å². The van der Waals surface area contributed by atoms with Gasteiger partial charge in [-0.25, -0.2) is 4.79 Å². The minimum atomic E-state index is -0.898. The number of nitrogens with zero attached hydrogens (tertiary/aromatic N) is 1. The number of nitrogens with one attached hydrogen (secondary N) is 1. The maximum Gasteiger partial charge on any atom is 0.320 e. The van der Waals surface area contributed by atoms with E-state index in [1.807, 2.05) is 35.0 Å². The second-order valence-corrected chi connectivity index (χ2v) is 8.10. The summed E-state index contributed by atoms with van der Waals surface area (Å²) in [5.41, 5.74) is -0.862. The predicted octanol–water partition coefficient (Wildman–Crippen LogP) is 4.37. The topological polar surface area (TPSA) is 52.6 Å². The third-order valence-corrected chi connectivity index (χ3v) is 6.66. The Labute approximate surface area is 151 Å². The molecule has 0 spiro atoms. The van der Waals surface area contributed by atoms with E-state index in [0.29, 0.717) is 0 Å². The van der Waals surface area contributed by atoms with Crippen molar-refractivity contribution < 1.29 is 9.90 Å². The fourth-order valence-corrected chi connectivity index (χ4v) is 5.47. The van der Waals surface area contributed by atoms with Gasteiger partial charge in [0.2, 0.25) is 0 Å². The van der Waals surface area contributed by atoms with Gasteiger partial charge in [0, 0.05) is 15.8 Å². The molecule has 24 heavy (non-hydrogen) atoms. The zero-order valence-corrected chi connectivity index (χ0v) is 15.7. The van der Waals surface area contributed by atoms with E-state index in [2.05, 4.69) is 19.2 Å². The number of aliphatic hydroxyl groups excluding tert-OH is 1. The molecule has 0 aromatic carbocycles. The zero-order valence-electron chi connectivity index (χ0n) is 14.1. The molecule has 1 saturated heterocycles. The Kier molecular flexibility index (Phi) is 5.27. The largest absolute Gasteiger partial charge is 0.370 e. The van der Waals surface area contributed by atoms with Crippen molar-refractivity contribution in [2.75, 3.05) is 0 Å². The molecule has 1 atom stereocenters. The Morgan fingerprint density at radius 2 is 1.71 bits per heavy atom. The second-order valence-electron chi connectivity index (χ2n) is 6.20. The molecule has 0 radical (unpaired) electrons. The number of urea groups is 1. The van der Waals surface area contributed by atoms with Gasteiger partial charge in [0.05, 0.1) is 0 Å². The summed E-state index contributed by atoms with van der Waals surface area (Å²) in [7, 11) is 0. The van der Waals surface area contributed by atoms with E-state index in [9.17, 15) is 9.90 Å². The number of amides is 2. The van der Waals surface area contributed by atoms with Crippen molar-refractivity contribution in [1.82, 2.24) is 10.2 Å². The van der Waals surface area contributed by atoms with Gasteiger partial charge in [-0.15, -0.1) is 22.7 Å². The van der Waals surface area contributed by atoms with Crippen LogP contribution in [0.1, 0.15) is 49.3 Å². The van der Waals surface area contributed by atoms with Crippen molar-refractivity contribution in [3.8, 4) is 0 Å². The maximum atomic E-state index is 12.8. The van der Waals surface area contributed by atoms with E-state index in [0.717, 1.165) is 35.4 Å². The predicted molar refractivity (Wildman–Crippen MR) is 99.4 cm³/mol. The van der Waals surface area contributed by atoms with E-state index in [1.165, 1.54) is 0 Å². The van der Waals surface area contributed by atoms with Gasteiger partial charge in [-0.05, 0) is 35.7 Å². The molecule has 3 rings (SSSR count). The van der Waals surface area contributed by atoms with Crippen molar-refractivity contribution in [3.05, 3.63) is 44.8 Å². The van der Waals surface area contributed by atoms with Crippen LogP contribution >= 0.6 is 22.7 Å². The van der Waals surface area contributed by atoms with Crippen LogP contribution in [0.15, 0.2) is 35.0 Å². The van der Waals surface area contributed by atoms with Gasteiger partial charge in [0.25, 0.3) is 0 Å². The lowest BCUT2D eigenvalue weighted by Crippen LogP contribution is -2.49. The van der Waals surface area contributed by atoms with Gasteiger partial charge in [-0.2, -0.15) is 0 Å². The molecule has 6 heteroatoms. The Balaban J connectivity index is 2.04. The Morgan fingerprint density at radius 3 is 2.12 bits per heavy atom. The van der Waals surface area contributed by atoms with Crippen molar-refractivity contribution in [2.24, 2.45) is 0 Å². The monoisotopic (exact) mass is 364 g/mol. The summed E-state index contributed by atoms with van der Waals surface area (Å²) in [6.07, 6.45) is 2.90. The van der Waals surface area contributed by atoms with Crippen molar-refractivity contribution in [3.63, 3.8) is 0 Å². The maximum absolute atomic E-state index is 12.8. The van der Waals surface area contributed by atoms with Crippen LogP contribution in [0.25, 0.3) is 0 Å². The molecule has 2 aromatic heterocycles. The Hall–Kier alpha value is -1.37. The van der Waals surface area contributed by atoms with E-state index in [4.69, 9.17) is 0 Å². The normalized spacial score (nSPS) is 19.9. The number of aliphatic hydroxyl groups is 1. The van der Waals surface area contributed by atoms with Gasteiger partial charge in [0.1, 0.15) is 0 Å². The molecule has 2 aromatic rings. The minimum Gasteiger partial charge on any atom is -0.370 e. The van der Waals surface area contributed by atoms with Gasteiger partial charge < -0.3 is 10.4 Å². The van der Waals surface area contributed by atoms with E-state index >= 15 is 0 Å². The highest BCUT2D eigenvalue weighted by Crippen LogP contribution is 2.44. The molecule has 2 amide bonds. The van der Waals surface area contributed by atoms with Gasteiger partial charge in [0.15, 0.2) is 11.8 Å². The molecular weight excluding hydrogens is 340 g/mol. The summed E-state index contributed by atoms with van der Waals surface area (Å²) in [6.45, 7) is 4.24. The van der Waals surface area contributed by atoms with Gasteiger partial charge in [-0.1, -0.05) is 38.8 Å². The van der Waals surface area contributed by atoms with Crippen LogP contribution in [0.2, 0.25) is 0 Å². The smallest absolute Gasteiger partial charge is 0.320 e. The SMILES string of the molecule is CCCC(CCC)N1C(=O)NC(c2cccs2)(c2cccs2)C1O. The fraction of sp³-hybridized carbons (Fsp3) is 0.500. The molecule has 1 aliphatic rings. The summed E-state index contributed by atoms with van der Waals surface area (Å²) >= 11 is 3.14. The van der Waals surface area contributed by atoms with Crippen LogP contribution in [0.4, 0.5) is 4.79 Å². The number of carbonyl (C=O) groups is 1. The average Bonchev–Trinajstić information content (AvgIpc) is 3.29. The van der Waals surface area contributed by atoms with Crippen molar-refractivity contribution >= 4 is 28.7 Å². The first-order chi connectivity index (χ1) is 11.6. The molecule has 0 saturated carbocycles. The first-order valence-electron chi connectivity index (χ1n) is 8.51. The lowest BCUT2D eigenvalue weighted by Gasteiger charge is -2.35. The van der Waals surface area contributed by atoms with Crippen molar-refractivity contribution in [1.29, 1.82) is 0 Å². The Morgan fingerprint density at radius 1 is 1.17 bits per heavy atom. The first-order valence-corrected chi connectivity index (χ1v) is 10.3.